The fourth-order valence-electron chi connectivity index (χ4n) is 2.74. The lowest BCUT2D eigenvalue weighted by Gasteiger charge is -2.15. The van der Waals surface area contributed by atoms with Crippen LogP contribution >= 0.6 is 31.9 Å². The van der Waals surface area contributed by atoms with Crippen LogP contribution in [0.4, 0.5) is 5.69 Å². The summed E-state index contributed by atoms with van der Waals surface area (Å²) in [5.41, 5.74) is 5.06. The molecule has 0 unspecified atom stereocenters. The Bertz CT molecular complexity index is 638. The third kappa shape index (κ3) is 2.40. The van der Waals surface area contributed by atoms with Crippen molar-refractivity contribution in [3.63, 3.8) is 0 Å². The van der Waals surface area contributed by atoms with Gasteiger partial charge in [0, 0.05) is 32.3 Å². The number of rotatable bonds is 3. The molecule has 2 aromatic rings. The second kappa shape index (κ2) is 5.41. The van der Waals surface area contributed by atoms with E-state index in [0.29, 0.717) is 0 Å². The molecule has 0 spiro atoms. The van der Waals surface area contributed by atoms with Gasteiger partial charge in [-0.15, -0.1) is 0 Å². The summed E-state index contributed by atoms with van der Waals surface area (Å²) in [6, 6.07) is 4.24. The predicted molar refractivity (Wildman–Crippen MR) is 87.9 cm³/mol. The first kappa shape index (κ1) is 13.4. The van der Waals surface area contributed by atoms with E-state index in [1.807, 2.05) is 0 Å². The molecule has 2 nitrogen and oxygen atoms in total. The molecule has 1 aromatic heterocycles. The summed E-state index contributed by atoms with van der Waals surface area (Å²) in [4.78, 5) is 4.86. The lowest BCUT2D eigenvalue weighted by molar-refractivity contribution is 0.900. The van der Waals surface area contributed by atoms with Crippen molar-refractivity contribution < 1.29 is 0 Å². The van der Waals surface area contributed by atoms with Gasteiger partial charge in [-0.1, -0.05) is 22.9 Å². The van der Waals surface area contributed by atoms with Gasteiger partial charge in [0.2, 0.25) is 0 Å². The van der Waals surface area contributed by atoms with Gasteiger partial charge in [0.15, 0.2) is 0 Å². The Morgan fingerprint density at radius 1 is 1.26 bits per heavy atom. The third-order valence-corrected chi connectivity index (χ3v) is 4.65. The molecule has 0 radical (unpaired) electrons. The number of fused-ring (bicyclic) bond motifs is 2. The summed E-state index contributed by atoms with van der Waals surface area (Å²) < 4.78 is 2.15. The van der Waals surface area contributed by atoms with E-state index < -0.39 is 0 Å². The number of benzene rings is 1. The Kier molecular flexibility index (Phi) is 3.81. The second-order valence-electron chi connectivity index (χ2n) is 4.98. The van der Waals surface area contributed by atoms with Crippen molar-refractivity contribution >= 4 is 48.5 Å². The molecule has 1 aliphatic carbocycles. The van der Waals surface area contributed by atoms with Gasteiger partial charge in [0.05, 0.1) is 5.52 Å². The Balaban J connectivity index is 2.28. The van der Waals surface area contributed by atoms with Crippen LogP contribution in [0.2, 0.25) is 0 Å². The van der Waals surface area contributed by atoms with Crippen LogP contribution in [0.15, 0.2) is 21.1 Å². The molecule has 0 saturated carbocycles. The van der Waals surface area contributed by atoms with Gasteiger partial charge in [0.25, 0.3) is 0 Å². The van der Waals surface area contributed by atoms with Crippen LogP contribution in [-0.2, 0) is 12.8 Å². The molecule has 0 atom stereocenters. The molecular weight excluding hydrogens is 368 g/mol. The number of anilines is 1. The largest absolute Gasteiger partial charge is 0.384 e. The maximum Gasteiger partial charge on any atom is 0.0869 e. The van der Waals surface area contributed by atoms with Gasteiger partial charge < -0.3 is 5.32 Å². The minimum atomic E-state index is 1.01. The minimum Gasteiger partial charge on any atom is -0.384 e. The lowest BCUT2D eigenvalue weighted by Crippen LogP contribution is -2.05. The molecule has 0 saturated heterocycles. The highest BCUT2D eigenvalue weighted by Crippen LogP contribution is 2.38. The maximum absolute atomic E-state index is 4.86. The quantitative estimate of drug-likeness (QED) is 0.800. The van der Waals surface area contributed by atoms with Crippen LogP contribution in [0.3, 0.4) is 0 Å². The van der Waals surface area contributed by atoms with Gasteiger partial charge in [-0.3, -0.25) is 4.98 Å². The third-order valence-electron chi connectivity index (χ3n) is 3.59. The number of halogens is 2. The molecular formula is C15H16Br2N2. The van der Waals surface area contributed by atoms with E-state index in [4.69, 9.17) is 4.98 Å². The Labute approximate surface area is 130 Å². The topological polar surface area (TPSA) is 24.9 Å². The van der Waals surface area contributed by atoms with Crippen molar-refractivity contribution in [2.45, 2.75) is 32.6 Å². The molecule has 3 rings (SSSR count). The van der Waals surface area contributed by atoms with Crippen LogP contribution in [0.25, 0.3) is 10.9 Å². The van der Waals surface area contributed by atoms with E-state index in [9.17, 15) is 0 Å². The summed E-state index contributed by atoms with van der Waals surface area (Å²) in [7, 11) is 0. The average Bonchev–Trinajstić information content (AvgIpc) is 2.83. The molecule has 1 N–H and O–H groups in total. The number of pyridine rings is 1. The summed E-state index contributed by atoms with van der Waals surface area (Å²) in [6.07, 6.45) is 4.61. The smallest absolute Gasteiger partial charge is 0.0869 e. The summed E-state index contributed by atoms with van der Waals surface area (Å²) >= 11 is 7.22. The van der Waals surface area contributed by atoms with E-state index in [-0.39, 0.29) is 0 Å². The summed E-state index contributed by atoms with van der Waals surface area (Å²) in [6.45, 7) is 3.21. The van der Waals surface area contributed by atoms with E-state index in [1.165, 1.54) is 28.8 Å². The first-order valence-corrected chi connectivity index (χ1v) is 8.33. The molecule has 0 aliphatic heterocycles. The van der Waals surface area contributed by atoms with Crippen molar-refractivity contribution in [2.24, 2.45) is 0 Å². The zero-order valence-corrected chi connectivity index (χ0v) is 14.1. The Hall–Kier alpha value is -0.610. The molecule has 1 aliphatic rings. The van der Waals surface area contributed by atoms with E-state index in [0.717, 1.165) is 40.3 Å². The zero-order valence-electron chi connectivity index (χ0n) is 10.9. The Morgan fingerprint density at radius 3 is 2.89 bits per heavy atom. The summed E-state index contributed by atoms with van der Waals surface area (Å²) in [5.74, 6) is 0. The molecule has 1 aromatic carbocycles. The van der Waals surface area contributed by atoms with E-state index in [2.05, 4.69) is 56.2 Å². The molecule has 4 heteroatoms. The first-order valence-electron chi connectivity index (χ1n) is 6.75. The van der Waals surface area contributed by atoms with Crippen LogP contribution in [-0.4, -0.2) is 11.5 Å². The van der Waals surface area contributed by atoms with Crippen molar-refractivity contribution in [3.05, 3.63) is 32.3 Å². The number of nitrogens with zero attached hydrogens (tertiary/aromatic N) is 1. The van der Waals surface area contributed by atoms with Crippen molar-refractivity contribution in [3.8, 4) is 0 Å². The molecule has 100 valence electrons. The van der Waals surface area contributed by atoms with Gasteiger partial charge >= 0.3 is 0 Å². The fourth-order valence-corrected chi connectivity index (χ4v) is 4.05. The first-order chi connectivity index (χ1) is 9.20. The van der Waals surface area contributed by atoms with Crippen LogP contribution in [0.1, 0.15) is 31.0 Å². The van der Waals surface area contributed by atoms with Crippen molar-refractivity contribution in [1.82, 2.24) is 4.98 Å². The normalized spacial score (nSPS) is 13.8. The van der Waals surface area contributed by atoms with Crippen molar-refractivity contribution in [1.29, 1.82) is 0 Å². The average molecular weight is 384 g/mol. The van der Waals surface area contributed by atoms with E-state index >= 15 is 0 Å². The Morgan fingerprint density at radius 2 is 2.11 bits per heavy atom. The highest BCUT2D eigenvalue weighted by atomic mass is 79.9. The van der Waals surface area contributed by atoms with Crippen LogP contribution < -0.4 is 5.32 Å². The maximum atomic E-state index is 4.86. The SMILES string of the molecule is CCCNc1c2c(nc3c(Br)cc(Br)cc13)CCC2. The molecule has 0 bridgehead atoms. The standard InChI is InChI=1S/C15H16Br2N2/c1-2-6-18-14-10-4-3-5-13(10)19-15-11(14)7-9(16)8-12(15)17/h7-8H,2-6H2,1H3,(H,18,19). The zero-order chi connectivity index (χ0) is 13.4. The highest BCUT2D eigenvalue weighted by molar-refractivity contribution is 9.11. The van der Waals surface area contributed by atoms with Gasteiger partial charge in [0.1, 0.15) is 0 Å². The minimum absolute atomic E-state index is 1.01. The number of nitrogens with one attached hydrogen (secondary N) is 1. The highest BCUT2D eigenvalue weighted by Gasteiger charge is 2.20. The summed E-state index contributed by atoms with van der Waals surface area (Å²) in [5, 5.41) is 4.83. The monoisotopic (exact) mass is 382 g/mol. The lowest BCUT2D eigenvalue weighted by atomic mass is 10.1. The van der Waals surface area contributed by atoms with Crippen molar-refractivity contribution in [2.75, 3.05) is 11.9 Å². The molecule has 19 heavy (non-hydrogen) atoms. The predicted octanol–water partition coefficient (Wildman–Crippen LogP) is 5.07. The number of hydrogen-bond acceptors (Lipinski definition) is 2. The number of hydrogen-bond donors (Lipinski definition) is 1. The number of aryl methyl sites for hydroxylation is 1. The second-order valence-corrected chi connectivity index (χ2v) is 6.75. The molecule has 1 heterocycles. The van der Waals surface area contributed by atoms with Crippen LogP contribution in [0.5, 0.6) is 0 Å². The number of aromatic nitrogens is 1. The molecule has 0 fully saturated rings. The van der Waals surface area contributed by atoms with Gasteiger partial charge in [-0.25, -0.2) is 0 Å². The molecule has 0 amide bonds. The van der Waals surface area contributed by atoms with Crippen LogP contribution in [0, 0.1) is 0 Å². The van der Waals surface area contributed by atoms with Gasteiger partial charge in [-0.05, 0) is 59.3 Å². The van der Waals surface area contributed by atoms with Gasteiger partial charge in [-0.2, -0.15) is 0 Å². The van der Waals surface area contributed by atoms with E-state index in [1.54, 1.807) is 0 Å². The fraction of sp³-hybridized carbons (Fsp3) is 0.400.